The molecule has 0 saturated heterocycles. The lowest BCUT2D eigenvalue weighted by molar-refractivity contribution is 0.0526. The van der Waals surface area contributed by atoms with Crippen LogP contribution in [0.4, 0.5) is 0 Å². The Morgan fingerprint density at radius 2 is 1.68 bits per heavy atom. The van der Waals surface area contributed by atoms with Gasteiger partial charge in [-0.2, -0.15) is 0 Å². The molecule has 0 atom stereocenters. The first kappa shape index (κ1) is 21.9. The number of allylic oxidation sites excluding steroid dienone is 1. The third-order valence-corrected chi connectivity index (χ3v) is 6.50. The van der Waals surface area contributed by atoms with Crippen LogP contribution >= 0.6 is 11.6 Å². The van der Waals surface area contributed by atoms with E-state index in [1.54, 1.807) is 5.57 Å². The van der Waals surface area contributed by atoms with Gasteiger partial charge in [-0.15, -0.1) is 0 Å². The minimum Gasteiger partial charge on any atom is -0.462 e. The van der Waals surface area contributed by atoms with Crippen molar-refractivity contribution in [2.75, 3.05) is 26.2 Å². The second-order valence-corrected chi connectivity index (χ2v) is 8.74. The molecule has 4 heteroatoms. The molecule has 1 heterocycles. The maximum atomic E-state index is 11.9. The second kappa shape index (κ2) is 10.3. The van der Waals surface area contributed by atoms with E-state index in [9.17, 15) is 4.79 Å². The van der Waals surface area contributed by atoms with E-state index < -0.39 is 0 Å². The quantitative estimate of drug-likeness (QED) is 0.476. The molecule has 162 valence electrons. The number of carbonyl (C=O) groups excluding carboxylic acids is 1. The highest BCUT2D eigenvalue weighted by Crippen LogP contribution is 2.34. The molecular weight excluding hydrogens is 406 g/mol. The summed E-state index contributed by atoms with van der Waals surface area (Å²) in [5.74, 6) is -0.255. The number of benzene rings is 2. The predicted molar refractivity (Wildman–Crippen MR) is 128 cm³/mol. The predicted octanol–water partition coefficient (Wildman–Crippen LogP) is 6.63. The molecule has 0 bridgehead atoms. The number of rotatable bonds is 6. The largest absolute Gasteiger partial charge is 0.462 e. The molecular formula is C27H30ClNO2. The first-order chi connectivity index (χ1) is 15.1. The molecule has 0 radical (unpaired) electrons. The van der Waals surface area contributed by atoms with E-state index >= 15 is 0 Å². The third kappa shape index (κ3) is 5.47. The van der Waals surface area contributed by atoms with E-state index in [0.29, 0.717) is 12.2 Å². The van der Waals surface area contributed by atoms with E-state index in [2.05, 4.69) is 23.1 Å². The number of hydrogen-bond donors (Lipinski definition) is 0. The molecule has 0 aromatic heterocycles. The van der Waals surface area contributed by atoms with Gasteiger partial charge in [0.05, 0.1) is 12.2 Å². The van der Waals surface area contributed by atoms with Crippen LogP contribution in [0.2, 0.25) is 5.02 Å². The molecule has 3 nitrogen and oxygen atoms in total. The zero-order chi connectivity index (χ0) is 21.6. The van der Waals surface area contributed by atoms with Gasteiger partial charge in [-0.3, -0.25) is 4.90 Å². The zero-order valence-corrected chi connectivity index (χ0v) is 19.0. The fourth-order valence-corrected chi connectivity index (χ4v) is 4.69. The standard InChI is InChI=1S/C27H30ClNO2/c1-2-31-27(30)23-9-7-20(8-10-23)21-15-17-29(18-16-21)19-24-5-3-4-6-26(24)22-11-13-25(28)14-12-22/h7-15H,2-6,16-19H2,1H3. The van der Waals surface area contributed by atoms with Crippen LogP contribution in [0.25, 0.3) is 11.1 Å². The smallest absolute Gasteiger partial charge is 0.338 e. The fraction of sp³-hybridized carbons (Fsp3) is 0.370. The van der Waals surface area contributed by atoms with Crippen molar-refractivity contribution in [3.8, 4) is 0 Å². The Morgan fingerprint density at radius 3 is 2.35 bits per heavy atom. The lowest BCUT2D eigenvalue weighted by Gasteiger charge is -2.30. The number of halogens is 1. The van der Waals surface area contributed by atoms with Crippen LogP contribution in [-0.4, -0.2) is 37.1 Å². The summed E-state index contributed by atoms with van der Waals surface area (Å²) in [5, 5.41) is 0.797. The Morgan fingerprint density at radius 1 is 0.968 bits per heavy atom. The summed E-state index contributed by atoms with van der Waals surface area (Å²) < 4.78 is 5.07. The van der Waals surface area contributed by atoms with Crippen molar-refractivity contribution in [3.05, 3.63) is 81.9 Å². The van der Waals surface area contributed by atoms with E-state index in [-0.39, 0.29) is 5.97 Å². The summed E-state index contributed by atoms with van der Waals surface area (Å²) in [6.45, 7) is 5.29. The van der Waals surface area contributed by atoms with Gasteiger partial charge in [0.15, 0.2) is 0 Å². The van der Waals surface area contributed by atoms with Gasteiger partial charge < -0.3 is 4.74 Å². The number of hydrogen-bond acceptors (Lipinski definition) is 3. The van der Waals surface area contributed by atoms with Gasteiger partial charge in [-0.1, -0.05) is 47.5 Å². The van der Waals surface area contributed by atoms with Crippen molar-refractivity contribution >= 4 is 28.7 Å². The molecule has 0 saturated carbocycles. The SMILES string of the molecule is CCOC(=O)c1ccc(C2=CCN(CC3=C(c4ccc(Cl)cc4)CCCC3)CC2)cc1. The zero-order valence-electron chi connectivity index (χ0n) is 18.2. The molecule has 0 unspecified atom stereocenters. The number of carbonyl (C=O) groups is 1. The number of ether oxygens (including phenoxy) is 1. The van der Waals surface area contributed by atoms with Gasteiger partial charge >= 0.3 is 5.97 Å². The highest BCUT2D eigenvalue weighted by Gasteiger charge is 2.19. The maximum absolute atomic E-state index is 11.9. The Hall–Kier alpha value is -2.36. The van der Waals surface area contributed by atoms with Crippen molar-refractivity contribution in [3.63, 3.8) is 0 Å². The minimum atomic E-state index is -0.255. The molecule has 0 spiro atoms. The number of nitrogens with zero attached hydrogens (tertiary/aromatic N) is 1. The normalized spacial score (nSPS) is 17.4. The monoisotopic (exact) mass is 435 g/mol. The van der Waals surface area contributed by atoms with Gasteiger partial charge in [0, 0.05) is 24.7 Å². The summed E-state index contributed by atoms with van der Waals surface area (Å²) >= 11 is 6.09. The topological polar surface area (TPSA) is 29.5 Å². The lowest BCUT2D eigenvalue weighted by Crippen LogP contribution is -2.31. The van der Waals surface area contributed by atoms with E-state index in [1.165, 1.54) is 48.0 Å². The molecule has 1 aliphatic carbocycles. The van der Waals surface area contributed by atoms with Crippen molar-refractivity contribution in [1.29, 1.82) is 0 Å². The average molecular weight is 436 g/mol. The van der Waals surface area contributed by atoms with Gasteiger partial charge in [0.2, 0.25) is 0 Å². The highest BCUT2D eigenvalue weighted by molar-refractivity contribution is 6.30. The molecule has 2 aromatic carbocycles. The van der Waals surface area contributed by atoms with Crippen molar-refractivity contribution in [1.82, 2.24) is 4.90 Å². The molecule has 0 fully saturated rings. The van der Waals surface area contributed by atoms with Crippen LogP contribution < -0.4 is 0 Å². The third-order valence-electron chi connectivity index (χ3n) is 6.25. The van der Waals surface area contributed by atoms with Gasteiger partial charge in [-0.25, -0.2) is 4.79 Å². The Kier molecular flexibility index (Phi) is 7.26. The van der Waals surface area contributed by atoms with Crippen LogP contribution in [0.15, 0.2) is 60.2 Å². The summed E-state index contributed by atoms with van der Waals surface area (Å²) in [4.78, 5) is 14.4. The maximum Gasteiger partial charge on any atom is 0.338 e. The summed E-state index contributed by atoms with van der Waals surface area (Å²) in [7, 11) is 0. The van der Waals surface area contributed by atoms with Crippen LogP contribution in [0.5, 0.6) is 0 Å². The highest BCUT2D eigenvalue weighted by atomic mass is 35.5. The molecule has 31 heavy (non-hydrogen) atoms. The summed E-state index contributed by atoms with van der Waals surface area (Å²) in [5.41, 5.74) is 7.61. The molecule has 2 aliphatic rings. The Labute approximate surface area is 190 Å². The average Bonchev–Trinajstić information content (AvgIpc) is 2.81. The molecule has 2 aromatic rings. The second-order valence-electron chi connectivity index (χ2n) is 8.31. The Bertz CT molecular complexity index is 973. The Balaban J connectivity index is 1.43. The van der Waals surface area contributed by atoms with Crippen molar-refractivity contribution < 1.29 is 9.53 Å². The van der Waals surface area contributed by atoms with Crippen LogP contribution in [0, 0.1) is 0 Å². The first-order valence-electron chi connectivity index (χ1n) is 11.3. The van der Waals surface area contributed by atoms with Crippen molar-refractivity contribution in [2.45, 2.75) is 39.0 Å². The van der Waals surface area contributed by atoms with Crippen LogP contribution in [-0.2, 0) is 4.74 Å². The van der Waals surface area contributed by atoms with Crippen LogP contribution in [0.3, 0.4) is 0 Å². The number of esters is 1. The fourth-order valence-electron chi connectivity index (χ4n) is 4.56. The molecule has 1 aliphatic heterocycles. The summed E-state index contributed by atoms with van der Waals surface area (Å²) in [6, 6.07) is 16.1. The van der Waals surface area contributed by atoms with E-state index in [1.807, 2.05) is 43.3 Å². The molecule has 0 N–H and O–H groups in total. The van der Waals surface area contributed by atoms with Crippen LogP contribution in [0.1, 0.15) is 60.5 Å². The van der Waals surface area contributed by atoms with E-state index in [0.717, 1.165) is 31.1 Å². The molecule has 0 amide bonds. The minimum absolute atomic E-state index is 0.255. The van der Waals surface area contributed by atoms with Gasteiger partial charge in [-0.05, 0) is 85.6 Å². The van der Waals surface area contributed by atoms with Gasteiger partial charge in [0.25, 0.3) is 0 Å². The molecule has 4 rings (SSSR count). The van der Waals surface area contributed by atoms with E-state index in [4.69, 9.17) is 16.3 Å². The first-order valence-corrected chi connectivity index (χ1v) is 11.7. The summed E-state index contributed by atoms with van der Waals surface area (Å²) in [6.07, 6.45) is 8.29. The lowest BCUT2D eigenvalue weighted by atomic mass is 9.87. The van der Waals surface area contributed by atoms with Crippen molar-refractivity contribution in [2.24, 2.45) is 0 Å². The van der Waals surface area contributed by atoms with Gasteiger partial charge in [0.1, 0.15) is 0 Å².